The number of aromatic nitrogens is 2. The van der Waals surface area contributed by atoms with Crippen LogP contribution in [0, 0.1) is 6.92 Å². The zero-order valence-corrected chi connectivity index (χ0v) is 14.1. The van der Waals surface area contributed by atoms with Crippen molar-refractivity contribution in [1.82, 2.24) is 9.97 Å². The summed E-state index contributed by atoms with van der Waals surface area (Å²) in [6.45, 7) is 11.3. The Morgan fingerprint density at radius 2 is 1.81 bits per heavy atom. The number of rotatable bonds is 3. The van der Waals surface area contributed by atoms with Crippen LogP contribution < -0.4 is 4.90 Å². The van der Waals surface area contributed by atoms with Crippen LogP contribution in [0.1, 0.15) is 39.1 Å². The van der Waals surface area contributed by atoms with Gasteiger partial charge in [0.15, 0.2) is 0 Å². The van der Waals surface area contributed by atoms with Crippen molar-refractivity contribution in [2.45, 2.75) is 40.0 Å². The van der Waals surface area contributed by atoms with Gasteiger partial charge in [-0.1, -0.05) is 50.6 Å². The maximum absolute atomic E-state index is 6.21. The van der Waals surface area contributed by atoms with Gasteiger partial charge in [0.05, 0.1) is 0 Å². The molecule has 1 heterocycles. The van der Waals surface area contributed by atoms with E-state index in [0.717, 1.165) is 23.9 Å². The van der Waals surface area contributed by atoms with E-state index < -0.39 is 0 Å². The lowest BCUT2D eigenvalue weighted by Gasteiger charge is -2.26. The summed E-state index contributed by atoms with van der Waals surface area (Å²) in [5, 5.41) is 0.483. The third kappa shape index (κ3) is 3.53. The fourth-order valence-electron chi connectivity index (χ4n) is 2.20. The molecule has 0 aliphatic carbocycles. The second kappa shape index (κ2) is 6.02. The molecule has 0 atom stereocenters. The second-order valence-corrected chi connectivity index (χ2v) is 6.54. The van der Waals surface area contributed by atoms with Gasteiger partial charge in [-0.25, -0.2) is 9.97 Å². The summed E-state index contributed by atoms with van der Waals surface area (Å²) in [5.74, 6) is 1.61. The predicted molar refractivity (Wildman–Crippen MR) is 89.6 cm³/mol. The van der Waals surface area contributed by atoms with Crippen LogP contribution >= 0.6 is 11.6 Å². The van der Waals surface area contributed by atoms with Crippen LogP contribution in [-0.4, -0.2) is 16.5 Å². The smallest absolute Gasteiger partial charge is 0.138 e. The Morgan fingerprint density at radius 1 is 1.14 bits per heavy atom. The van der Waals surface area contributed by atoms with Gasteiger partial charge in [0.25, 0.3) is 0 Å². The number of nitrogens with zero attached hydrogens (tertiary/aromatic N) is 3. The van der Waals surface area contributed by atoms with Crippen molar-refractivity contribution in [2.75, 3.05) is 11.4 Å². The van der Waals surface area contributed by atoms with Gasteiger partial charge in [-0.05, 0) is 25.5 Å². The van der Waals surface area contributed by atoms with Crippen molar-refractivity contribution in [2.24, 2.45) is 0 Å². The largest absolute Gasteiger partial charge is 0.326 e. The lowest BCUT2D eigenvalue weighted by atomic mass is 9.96. The van der Waals surface area contributed by atoms with Gasteiger partial charge in [0, 0.05) is 23.7 Å². The van der Waals surface area contributed by atoms with E-state index in [2.05, 4.69) is 56.6 Å². The molecule has 0 amide bonds. The summed E-state index contributed by atoms with van der Waals surface area (Å²) >= 11 is 6.21. The highest BCUT2D eigenvalue weighted by Gasteiger charge is 2.21. The molecule has 0 saturated heterocycles. The molecule has 0 unspecified atom stereocenters. The highest BCUT2D eigenvalue weighted by molar-refractivity contribution is 6.29. The number of hydrogen-bond donors (Lipinski definition) is 0. The normalized spacial score (nSPS) is 11.5. The fraction of sp³-hybridized carbons (Fsp3) is 0.412. The van der Waals surface area contributed by atoms with Gasteiger partial charge in [0.2, 0.25) is 0 Å². The van der Waals surface area contributed by atoms with Gasteiger partial charge in [-0.15, -0.1) is 0 Å². The molecule has 0 aliphatic heterocycles. The molecular weight excluding hydrogens is 282 g/mol. The third-order valence-corrected chi connectivity index (χ3v) is 3.54. The van der Waals surface area contributed by atoms with Crippen LogP contribution in [0.2, 0.25) is 5.15 Å². The van der Waals surface area contributed by atoms with Crippen molar-refractivity contribution in [3.8, 4) is 0 Å². The number of aryl methyl sites for hydroxylation is 1. The van der Waals surface area contributed by atoms with Gasteiger partial charge >= 0.3 is 0 Å². The van der Waals surface area contributed by atoms with Crippen LogP contribution in [0.4, 0.5) is 11.5 Å². The quantitative estimate of drug-likeness (QED) is 0.756. The highest BCUT2D eigenvalue weighted by atomic mass is 35.5. The van der Waals surface area contributed by atoms with E-state index in [1.807, 2.05) is 18.2 Å². The van der Waals surface area contributed by atoms with Crippen molar-refractivity contribution in [3.63, 3.8) is 0 Å². The van der Waals surface area contributed by atoms with E-state index in [0.29, 0.717) is 5.15 Å². The Bertz CT molecular complexity index is 632. The highest BCUT2D eigenvalue weighted by Crippen LogP contribution is 2.30. The van der Waals surface area contributed by atoms with Gasteiger partial charge in [-0.3, -0.25) is 0 Å². The SMILES string of the molecule is CCN(c1cc(Cl)nc(C(C)(C)C)n1)c1ccccc1C. The van der Waals surface area contributed by atoms with Crippen molar-refractivity contribution >= 4 is 23.1 Å². The minimum absolute atomic E-state index is 0.134. The van der Waals surface area contributed by atoms with Crippen LogP contribution in [0.3, 0.4) is 0 Å². The van der Waals surface area contributed by atoms with Crippen LogP contribution in [0.15, 0.2) is 30.3 Å². The zero-order chi connectivity index (χ0) is 15.6. The minimum atomic E-state index is -0.134. The number of para-hydroxylation sites is 1. The summed E-state index contributed by atoms with van der Waals surface area (Å²) in [5.41, 5.74) is 2.23. The molecule has 4 heteroatoms. The molecule has 2 rings (SSSR count). The first kappa shape index (κ1) is 15.8. The topological polar surface area (TPSA) is 29.0 Å². The first-order valence-electron chi connectivity index (χ1n) is 7.21. The maximum Gasteiger partial charge on any atom is 0.138 e. The van der Waals surface area contributed by atoms with Gasteiger partial charge < -0.3 is 4.90 Å². The first-order chi connectivity index (χ1) is 9.82. The van der Waals surface area contributed by atoms with E-state index >= 15 is 0 Å². The minimum Gasteiger partial charge on any atom is -0.326 e. The third-order valence-electron chi connectivity index (χ3n) is 3.35. The van der Waals surface area contributed by atoms with Crippen LogP contribution in [0.25, 0.3) is 0 Å². The van der Waals surface area contributed by atoms with Gasteiger partial charge in [0.1, 0.15) is 16.8 Å². The summed E-state index contributed by atoms with van der Waals surface area (Å²) in [4.78, 5) is 11.3. The molecule has 21 heavy (non-hydrogen) atoms. The molecule has 112 valence electrons. The average molecular weight is 304 g/mol. The van der Waals surface area contributed by atoms with E-state index in [4.69, 9.17) is 16.6 Å². The number of halogens is 1. The Hall–Kier alpha value is -1.61. The number of anilines is 2. The molecule has 0 radical (unpaired) electrons. The lowest BCUT2D eigenvalue weighted by molar-refractivity contribution is 0.545. The predicted octanol–water partition coefficient (Wildman–Crippen LogP) is 4.89. The van der Waals surface area contributed by atoms with Crippen molar-refractivity contribution < 1.29 is 0 Å². The molecule has 0 saturated carbocycles. The molecule has 2 aromatic rings. The monoisotopic (exact) mass is 303 g/mol. The Morgan fingerprint density at radius 3 is 2.38 bits per heavy atom. The maximum atomic E-state index is 6.21. The van der Waals surface area contributed by atoms with Crippen LogP contribution in [0.5, 0.6) is 0 Å². The number of hydrogen-bond acceptors (Lipinski definition) is 3. The average Bonchev–Trinajstić information content (AvgIpc) is 2.40. The van der Waals surface area contributed by atoms with Crippen LogP contribution in [-0.2, 0) is 5.41 Å². The summed E-state index contributed by atoms with van der Waals surface area (Å²) in [6, 6.07) is 10.1. The van der Waals surface area contributed by atoms with E-state index in [1.165, 1.54) is 5.56 Å². The van der Waals surface area contributed by atoms with Crippen molar-refractivity contribution in [1.29, 1.82) is 0 Å². The molecular formula is C17H22ClN3. The molecule has 0 aliphatic rings. The molecule has 0 N–H and O–H groups in total. The summed E-state index contributed by atoms with van der Waals surface area (Å²) in [6.07, 6.45) is 0. The molecule has 0 bridgehead atoms. The first-order valence-corrected chi connectivity index (χ1v) is 7.59. The second-order valence-electron chi connectivity index (χ2n) is 6.15. The summed E-state index contributed by atoms with van der Waals surface area (Å²) < 4.78 is 0. The summed E-state index contributed by atoms with van der Waals surface area (Å²) in [7, 11) is 0. The molecule has 1 aromatic carbocycles. The van der Waals surface area contributed by atoms with E-state index in [1.54, 1.807) is 0 Å². The standard InChI is InChI=1S/C17H22ClN3/c1-6-21(13-10-8-7-9-12(13)2)15-11-14(18)19-16(20-15)17(3,4)5/h7-11H,6H2,1-5H3. The Balaban J connectivity index is 2.53. The van der Waals surface area contributed by atoms with E-state index in [9.17, 15) is 0 Å². The lowest BCUT2D eigenvalue weighted by Crippen LogP contribution is -2.22. The van der Waals surface area contributed by atoms with E-state index in [-0.39, 0.29) is 5.41 Å². The van der Waals surface area contributed by atoms with Crippen molar-refractivity contribution in [3.05, 3.63) is 46.9 Å². The molecule has 0 spiro atoms. The molecule has 1 aromatic heterocycles. The molecule has 0 fully saturated rings. The number of benzene rings is 1. The Labute approximate surface area is 132 Å². The fourth-order valence-corrected chi connectivity index (χ4v) is 2.38. The Kier molecular flexibility index (Phi) is 4.52. The molecule has 3 nitrogen and oxygen atoms in total. The zero-order valence-electron chi connectivity index (χ0n) is 13.3. The van der Waals surface area contributed by atoms with Gasteiger partial charge in [-0.2, -0.15) is 0 Å².